The standard InChI is InChI=1S/C18H20N2O4S2/c1-13-6-11-25-17(13)18(22)19-7-9-20(10-8-19)26(23,24)16-5-3-4-15(12-16)14(2)21/h3-6,11-12H,7-10H2,1-2H3. The number of ketones is 1. The SMILES string of the molecule is CC(=O)c1cccc(S(=O)(=O)N2CCN(C(=O)c3sccc3C)CC2)c1. The number of piperazine rings is 1. The summed E-state index contributed by atoms with van der Waals surface area (Å²) in [6.07, 6.45) is 0. The van der Waals surface area contributed by atoms with Gasteiger partial charge in [0.25, 0.3) is 5.91 Å². The zero-order valence-electron chi connectivity index (χ0n) is 14.6. The summed E-state index contributed by atoms with van der Waals surface area (Å²) in [4.78, 5) is 26.6. The van der Waals surface area contributed by atoms with Gasteiger partial charge in [-0.3, -0.25) is 9.59 Å². The highest BCUT2D eigenvalue weighted by Gasteiger charge is 2.31. The second kappa shape index (κ2) is 7.30. The Kier molecular flexibility index (Phi) is 5.27. The summed E-state index contributed by atoms with van der Waals surface area (Å²) in [5, 5.41) is 1.88. The first-order valence-electron chi connectivity index (χ1n) is 8.25. The molecular formula is C18H20N2O4S2. The van der Waals surface area contributed by atoms with E-state index in [2.05, 4.69) is 0 Å². The van der Waals surface area contributed by atoms with Gasteiger partial charge in [0.05, 0.1) is 9.77 Å². The number of thiophene rings is 1. The highest BCUT2D eigenvalue weighted by atomic mass is 32.2. The van der Waals surface area contributed by atoms with Gasteiger partial charge in [0.2, 0.25) is 10.0 Å². The summed E-state index contributed by atoms with van der Waals surface area (Å²) in [5.41, 5.74) is 1.31. The topological polar surface area (TPSA) is 74.8 Å². The van der Waals surface area contributed by atoms with Gasteiger partial charge in [0.15, 0.2) is 5.78 Å². The fourth-order valence-corrected chi connectivity index (χ4v) is 5.25. The van der Waals surface area contributed by atoms with E-state index in [1.807, 2.05) is 18.4 Å². The lowest BCUT2D eigenvalue weighted by Gasteiger charge is -2.34. The van der Waals surface area contributed by atoms with E-state index >= 15 is 0 Å². The molecule has 1 aliphatic rings. The molecule has 2 aromatic rings. The summed E-state index contributed by atoms with van der Waals surface area (Å²) >= 11 is 1.40. The van der Waals surface area contributed by atoms with Crippen molar-refractivity contribution in [2.45, 2.75) is 18.7 Å². The lowest BCUT2D eigenvalue weighted by Crippen LogP contribution is -2.50. The zero-order chi connectivity index (χ0) is 18.9. The first-order chi connectivity index (χ1) is 12.3. The Morgan fingerprint density at radius 1 is 1.08 bits per heavy atom. The number of hydrogen-bond donors (Lipinski definition) is 0. The number of carbonyl (C=O) groups is 2. The Morgan fingerprint density at radius 2 is 1.77 bits per heavy atom. The monoisotopic (exact) mass is 392 g/mol. The second-order valence-corrected chi connectivity index (χ2v) is 9.07. The molecule has 1 aliphatic heterocycles. The number of Topliss-reactive ketones (excluding diaryl/α,β-unsaturated/α-hetero) is 1. The Morgan fingerprint density at radius 3 is 2.35 bits per heavy atom. The van der Waals surface area contributed by atoms with E-state index in [1.54, 1.807) is 17.0 Å². The molecule has 8 heteroatoms. The number of sulfonamides is 1. The van der Waals surface area contributed by atoms with Crippen molar-refractivity contribution in [2.75, 3.05) is 26.2 Å². The van der Waals surface area contributed by atoms with Gasteiger partial charge in [-0.2, -0.15) is 4.31 Å². The van der Waals surface area contributed by atoms with E-state index in [4.69, 9.17) is 0 Å². The van der Waals surface area contributed by atoms with Gasteiger partial charge in [0.1, 0.15) is 0 Å². The Bertz CT molecular complexity index is 942. The van der Waals surface area contributed by atoms with Crippen LogP contribution in [0.3, 0.4) is 0 Å². The smallest absolute Gasteiger partial charge is 0.264 e. The van der Waals surface area contributed by atoms with Crippen LogP contribution >= 0.6 is 11.3 Å². The lowest BCUT2D eigenvalue weighted by molar-refractivity contribution is 0.0702. The first-order valence-corrected chi connectivity index (χ1v) is 10.6. The molecule has 0 atom stereocenters. The molecule has 138 valence electrons. The molecule has 1 aromatic carbocycles. The summed E-state index contributed by atoms with van der Waals surface area (Å²) < 4.78 is 27.0. The van der Waals surface area contributed by atoms with Crippen LogP contribution < -0.4 is 0 Å². The van der Waals surface area contributed by atoms with Gasteiger partial charge in [-0.25, -0.2) is 8.42 Å². The molecule has 1 amide bonds. The first kappa shape index (κ1) is 18.8. The molecule has 1 aromatic heterocycles. The normalized spacial score (nSPS) is 15.8. The number of carbonyl (C=O) groups excluding carboxylic acids is 2. The molecule has 1 fully saturated rings. The van der Waals surface area contributed by atoms with Crippen LogP contribution in [0, 0.1) is 6.92 Å². The Balaban J connectivity index is 1.73. The maximum Gasteiger partial charge on any atom is 0.264 e. The van der Waals surface area contributed by atoms with Gasteiger partial charge in [-0.1, -0.05) is 12.1 Å². The third-order valence-corrected chi connectivity index (χ3v) is 7.36. The van der Waals surface area contributed by atoms with Crippen LogP contribution in [0.1, 0.15) is 32.5 Å². The predicted molar refractivity (Wildman–Crippen MR) is 100 cm³/mol. The Hall–Kier alpha value is -2.03. The summed E-state index contributed by atoms with van der Waals surface area (Å²) in [6, 6.07) is 7.98. The molecule has 0 N–H and O–H groups in total. The Labute approximate surface area is 157 Å². The van der Waals surface area contributed by atoms with Crippen molar-refractivity contribution in [1.82, 2.24) is 9.21 Å². The van der Waals surface area contributed by atoms with E-state index in [0.29, 0.717) is 23.5 Å². The van der Waals surface area contributed by atoms with Crippen LogP contribution in [0.15, 0.2) is 40.6 Å². The molecule has 6 nitrogen and oxygen atoms in total. The maximum atomic E-state index is 12.8. The quantitative estimate of drug-likeness (QED) is 0.749. The van der Waals surface area contributed by atoms with Crippen molar-refractivity contribution < 1.29 is 18.0 Å². The van der Waals surface area contributed by atoms with Crippen LogP contribution in [-0.4, -0.2) is 55.5 Å². The number of aryl methyl sites for hydroxylation is 1. The fourth-order valence-electron chi connectivity index (χ4n) is 2.89. The number of nitrogens with zero attached hydrogens (tertiary/aromatic N) is 2. The summed E-state index contributed by atoms with van der Waals surface area (Å²) in [5.74, 6) is -0.225. The molecule has 0 spiro atoms. The average Bonchev–Trinajstić information content (AvgIpc) is 3.07. The molecule has 1 saturated heterocycles. The molecule has 0 unspecified atom stereocenters. The van der Waals surface area contributed by atoms with Crippen molar-refractivity contribution >= 4 is 33.1 Å². The van der Waals surface area contributed by atoms with Crippen molar-refractivity contribution in [3.05, 3.63) is 51.7 Å². The van der Waals surface area contributed by atoms with Gasteiger partial charge < -0.3 is 4.90 Å². The number of hydrogen-bond acceptors (Lipinski definition) is 5. The minimum Gasteiger partial charge on any atom is -0.335 e. The van der Waals surface area contributed by atoms with E-state index < -0.39 is 10.0 Å². The van der Waals surface area contributed by atoms with Crippen LogP contribution in [0.25, 0.3) is 0 Å². The molecule has 3 rings (SSSR count). The molecule has 0 bridgehead atoms. The molecule has 26 heavy (non-hydrogen) atoms. The van der Waals surface area contributed by atoms with Crippen LogP contribution in [0.5, 0.6) is 0 Å². The maximum absolute atomic E-state index is 12.8. The summed E-state index contributed by atoms with van der Waals surface area (Å²) in [6.45, 7) is 4.48. The van der Waals surface area contributed by atoms with E-state index in [0.717, 1.165) is 5.56 Å². The van der Waals surface area contributed by atoms with Crippen LogP contribution in [-0.2, 0) is 10.0 Å². The third kappa shape index (κ3) is 3.58. The largest absolute Gasteiger partial charge is 0.335 e. The number of rotatable bonds is 4. The zero-order valence-corrected chi connectivity index (χ0v) is 16.3. The van der Waals surface area contributed by atoms with E-state index in [9.17, 15) is 18.0 Å². The molecule has 0 saturated carbocycles. The predicted octanol–water partition coefficient (Wildman–Crippen LogP) is 2.41. The second-order valence-electron chi connectivity index (χ2n) is 6.21. The van der Waals surface area contributed by atoms with E-state index in [-0.39, 0.29) is 29.7 Å². The molecular weight excluding hydrogens is 372 g/mol. The van der Waals surface area contributed by atoms with Crippen LogP contribution in [0.2, 0.25) is 0 Å². The average molecular weight is 393 g/mol. The summed E-state index contributed by atoms with van der Waals surface area (Å²) in [7, 11) is -3.68. The highest BCUT2D eigenvalue weighted by Crippen LogP contribution is 2.22. The van der Waals surface area contributed by atoms with Crippen molar-refractivity contribution in [1.29, 1.82) is 0 Å². The van der Waals surface area contributed by atoms with Gasteiger partial charge in [-0.05, 0) is 43.0 Å². The van der Waals surface area contributed by atoms with Gasteiger partial charge in [0, 0.05) is 31.7 Å². The highest BCUT2D eigenvalue weighted by molar-refractivity contribution is 7.89. The third-order valence-electron chi connectivity index (χ3n) is 4.46. The molecule has 0 radical (unpaired) electrons. The number of amides is 1. The minimum atomic E-state index is -3.68. The van der Waals surface area contributed by atoms with Crippen molar-refractivity contribution in [3.8, 4) is 0 Å². The van der Waals surface area contributed by atoms with Crippen molar-refractivity contribution in [3.63, 3.8) is 0 Å². The van der Waals surface area contributed by atoms with Crippen molar-refractivity contribution in [2.24, 2.45) is 0 Å². The number of benzene rings is 1. The van der Waals surface area contributed by atoms with Gasteiger partial charge in [-0.15, -0.1) is 11.3 Å². The fraction of sp³-hybridized carbons (Fsp3) is 0.333. The minimum absolute atomic E-state index is 0.0480. The van der Waals surface area contributed by atoms with E-state index in [1.165, 1.54) is 34.7 Å². The van der Waals surface area contributed by atoms with Gasteiger partial charge >= 0.3 is 0 Å². The molecule has 2 heterocycles. The molecule has 0 aliphatic carbocycles. The van der Waals surface area contributed by atoms with Crippen LogP contribution in [0.4, 0.5) is 0 Å². The lowest BCUT2D eigenvalue weighted by atomic mass is 10.2.